The first kappa shape index (κ1) is 16.4. The number of ether oxygens (including phenoxy) is 2. The highest BCUT2D eigenvalue weighted by Crippen LogP contribution is 2.43. The van der Waals surface area contributed by atoms with Gasteiger partial charge in [-0.05, 0) is 63.4 Å². The van der Waals surface area contributed by atoms with Crippen LogP contribution in [0.5, 0.6) is 0 Å². The fourth-order valence-corrected chi connectivity index (χ4v) is 3.00. The molecule has 0 N–H and O–H groups in total. The highest BCUT2D eigenvalue weighted by atomic mass is 79.9. The van der Waals surface area contributed by atoms with E-state index in [1.165, 1.54) is 12.1 Å². The number of benzene rings is 1. The number of alkyl halides is 1. The zero-order chi connectivity index (χ0) is 16.0. The van der Waals surface area contributed by atoms with Crippen molar-refractivity contribution in [1.29, 1.82) is 0 Å². The first-order chi connectivity index (χ1) is 9.51. The molecule has 0 radical (unpaired) electrons. The maximum absolute atomic E-state index is 13.8. The predicted octanol–water partition coefficient (Wildman–Crippen LogP) is 4.37. The van der Waals surface area contributed by atoms with Crippen LogP contribution < -0.4 is 0 Å². The summed E-state index contributed by atoms with van der Waals surface area (Å²) in [6, 6.07) is 2.83. The van der Waals surface area contributed by atoms with E-state index in [4.69, 9.17) is 9.47 Å². The van der Waals surface area contributed by atoms with E-state index in [1.807, 2.05) is 13.8 Å². The van der Waals surface area contributed by atoms with Gasteiger partial charge in [-0.25, -0.2) is 4.39 Å². The molecule has 3 nitrogen and oxygen atoms in total. The molecule has 1 atom stereocenters. The normalized spacial score (nSPS) is 18.2. The SMILES string of the molecule is CC(C)(C)OC(=O)C(Br)c1cc(F)cc2c1C(C)(C)OC2. The van der Waals surface area contributed by atoms with Gasteiger partial charge < -0.3 is 9.47 Å². The standard InChI is InChI=1S/C16H20BrFO3/c1-15(2,3)21-14(19)13(17)11-7-10(18)6-9-8-20-16(4,5)12(9)11/h6-7,13H,8H2,1-5H3. The Hall–Kier alpha value is -0.940. The Morgan fingerprint density at radius 1 is 1.43 bits per heavy atom. The fraction of sp³-hybridized carbons (Fsp3) is 0.562. The fourth-order valence-electron chi connectivity index (χ4n) is 2.55. The number of carbonyl (C=O) groups excluding carboxylic acids is 1. The topological polar surface area (TPSA) is 35.5 Å². The van der Waals surface area contributed by atoms with Crippen LogP contribution in [0.3, 0.4) is 0 Å². The first-order valence-electron chi connectivity index (χ1n) is 6.85. The summed E-state index contributed by atoms with van der Waals surface area (Å²) in [5, 5.41) is 0. The third kappa shape index (κ3) is 3.46. The molecule has 1 aliphatic heterocycles. The van der Waals surface area contributed by atoms with E-state index >= 15 is 0 Å². The molecule has 0 spiro atoms. The predicted molar refractivity (Wildman–Crippen MR) is 81.7 cm³/mol. The van der Waals surface area contributed by atoms with Gasteiger partial charge >= 0.3 is 5.97 Å². The number of carbonyl (C=O) groups is 1. The highest BCUT2D eigenvalue weighted by Gasteiger charge is 2.37. The molecule has 0 saturated carbocycles. The molecule has 1 aliphatic rings. The third-order valence-corrected chi connectivity index (χ3v) is 4.16. The largest absolute Gasteiger partial charge is 0.459 e. The van der Waals surface area contributed by atoms with Gasteiger partial charge in [0, 0.05) is 0 Å². The molecular formula is C16H20BrFO3. The first-order valence-corrected chi connectivity index (χ1v) is 7.76. The molecule has 21 heavy (non-hydrogen) atoms. The van der Waals surface area contributed by atoms with Gasteiger partial charge in [0.1, 0.15) is 16.2 Å². The molecule has 0 bridgehead atoms. The van der Waals surface area contributed by atoms with Crippen molar-refractivity contribution in [3.05, 3.63) is 34.6 Å². The monoisotopic (exact) mass is 358 g/mol. The van der Waals surface area contributed by atoms with E-state index in [9.17, 15) is 9.18 Å². The summed E-state index contributed by atoms with van der Waals surface area (Å²) in [5.74, 6) is -0.809. The van der Waals surface area contributed by atoms with Crippen LogP contribution in [0.1, 0.15) is 56.1 Å². The van der Waals surface area contributed by atoms with Crippen molar-refractivity contribution in [2.75, 3.05) is 0 Å². The molecule has 0 amide bonds. The van der Waals surface area contributed by atoms with Crippen molar-refractivity contribution in [2.45, 2.75) is 57.3 Å². The lowest BCUT2D eigenvalue weighted by atomic mass is 9.89. The van der Waals surface area contributed by atoms with E-state index in [2.05, 4.69) is 15.9 Å². The maximum atomic E-state index is 13.8. The van der Waals surface area contributed by atoms with Crippen molar-refractivity contribution in [3.8, 4) is 0 Å². The van der Waals surface area contributed by atoms with Crippen LogP contribution >= 0.6 is 15.9 Å². The van der Waals surface area contributed by atoms with E-state index in [-0.39, 0.29) is 5.82 Å². The summed E-state index contributed by atoms with van der Waals surface area (Å²) in [4.78, 5) is 11.5. The van der Waals surface area contributed by atoms with Crippen molar-refractivity contribution >= 4 is 21.9 Å². The van der Waals surface area contributed by atoms with E-state index < -0.39 is 22.0 Å². The Bertz CT molecular complexity index is 576. The van der Waals surface area contributed by atoms with Crippen molar-refractivity contribution in [2.24, 2.45) is 0 Å². The van der Waals surface area contributed by atoms with Crippen LogP contribution in [0, 0.1) is 5.82 Å². The smallest absolute Gasteiger partial charge is 0.324 e. The zero-order valence-corrected chi connectivity index (χ0v) is 14.5. The summed E-state index contributed by atoms with van der Waals surface area (Å²) < 4.78 is 24.9. The number of rotatable bonds is 2. The van der Waals surface area contributed by atoms with Crippen LogP contribution in [0.25, 0.3) is 0 Å². The van der Waals surface area contributed by atoms with Crippen molar-refractivity contribution in [3.63, 3.8) is 0 Å². The summed E-state index contributed by atoms with van der Waals surface area (Å²) in [6.45, 7) is 9.57. The lowest BCUT2D eigenvalue weighted by Gasteiger charge is -2.25. The molecule has 0 saturated heterocycles. The molecular weight excluding hydrogens is 339 g/mol. The summed E-state index contributed by atoms with van der Waals surface area (Å²) in [6.07, 6.45) is 0. The van der Waals surface area contributed by atoms with Crippen LogP contribution in [0.2, 0.25) is 0 Å². The average Bonchev–Trinajstić information content (AvgIpc) is 2.61. The van der Waals surface area contributed by atoms with E-state index in [1.54, 1.807) is 20.8 Å². The Morgan fingerprint density at radius 3 is 2.62 bits per heavy atom. The van der Waals surface area contributed by atoms with Gasteiger partial charge in [0.15, 0.2) is 0 Å². The van der Waals surface area contributed by atoms with Crippen molar-refractivity contribution in [1.82, 2.24) is 0 Å². The second kappa shape index (κ2) is 5.36. The number of hydrogen-bond donors (Lipinski definition) is 0. The minimum atomic E-state index is -0.720. The number of esters is 1. The molecule has 0 aliphatic carbocycles. The highest BCUT2D eigenvalue weighted by molar-refractivity contribution is 9.09. The summed E-state index contributed by atoms with van der Waals surface area (Å²) >= 11 is 3.35. The van der Waals surface area contributed by atoms with Gasteiger partial charge in [0.05, 0.1) is 12.2 Å². The molecule has 1 heterocycles. The molecule has 0 fully saturated rings. The molecule has 1 aromatic carbocycles. The second-order valence-electron chi connectivity index (χ2n) is 6.72. The van der Waals surface area contributed by atoms with Crippen LogP contribution in [-0.2, 0) is 26.5 Å². The van der Waals surface area contributed by atoms with Crippen LogP contribution in [0.4, 0.5) is 4.39 Å². The van der Waals surface area contributed by atoms with Gasteiger partial charge in [-0.1, -0.05) is 15.9 Å². The second-order valence-corrected chi connectivity index (χ2v) is 7.64. The van der Waals surface area contributed by atoms with E-state index in [0.29, 0.717) is 12.2 Å². The van der Waals surface area contributed by atoms with Crippen molar-refractivity contribution < 1.29 is 18.7 Å². The molecule has 5 heteroatoms. The maximum Gasteiger partial charge on any atom is 0.324 e. The Labute approximate surface area is 132 Å². The average molecular weight is 359 g/mol. The Balaban J connectivity index is 2.43. The number of fused-ring (bicyclic) bond motifs is 1. The number of hydrogen-bond acceptors (Lipinski definition) is 3. The van der Waals surface area contributed by atoms with Crippen LogP contribution in [0.15, 0.2) is 12.1 Å². The van der Waals surface area contributed by atoms with Gasteiger partial charge in [0.2, 0.25) is 0 Å². The van der Waals surface area contributed by atoms with Gasteiger partial charge in [-0.15, -0.1) is 0 Å². The minimum Gasteiger partial charge on any atom is -0.459 e. The minimum absolute atomic E-state index is 0.348. The lowest BCUT2D eigenvalue weighted by molar-refractivity contribution is -0.154. The quantitative estimate of drug-likeness (QED) is 0.581. The molecule has 2 rings (SSSR count). The Morgan fingerprint density at radius 2 is 2.05 bits per heavy atom. The third-order valence-electron chi connectivity index (χ3n) is 3.29. The molecule has 116 valence electrons. The molecule has 1 unspecified atom stereocenters. The zero-order valence-electron chi connectivity index (χ0n) is 12.9. The summed E-state index contributed by atoms with van der Waals surface area (Å²) in [7, 11) is 0. The lowest BCUT2D eigenvalue weighted by Crippen LogP contribution is -2.27. The van der Waals surface area contributed by atoms with Gasteiger partial charge in [0.25, 0.3) is 0 Å². The van der Waals surface area contributed by atoms with Crippen LogP contribution in [-0.4, -0.2) is 11.6 Å². The van der Waals surface area contributed by atoms with Gasteiger partial charge in [-0.2, -0.15) is 0 Å². The van der Waals surface area contributed by atoms with E-state index in [0.717, 1.165) is 11.1 Å². The number of halogens is 2. The summed E-state index contributed by atoms with van der Waals surface area (Å²) in [5.41, 5.74) is 1.07. The molecule has 1 aromatic rings. The molecule has 0 aromatic heterocycles. The van der Waals surface area contributed by atoms with Gasteiger partial charge in [-0.3, -0.25) is 4.79 Å². The Kier molecular flexibility index (Phi) is 4.19.